The van der Waals surface area contributed by atoms with Crippen molar-refractivity contribution in [2.24, 2.45) is 0 Å². The maximum Gasteiger partial charge on any atom is 0.418 e. The Hall–Kier alpha value is -3.66. The van der Waals surface area contributed by atoms with Crippen molar-refractivity contribution in [3.05, 3.63) is 23.1 Å². The van der Waals surface area contributed by atoms with Crippen LogP contribution in [0.4, 0.5) is 38.0 Å². The van der Waals surface area contributed by atoms with Crippen molar-refractivity contribution in [1.29, 1.82) is 0 Å². The zero-order valence-corrected chi connectivity index (χ0v) is 25.1. The van der Waals surface area contributed by atoms with Gasteiger partial charge in [-0.25, -0.2) is 23.1 Å². The molecule has 10 nitrogen and oxygen atoms in total. The molecule has 5 aliphatic rings. The van der Waals surface area contributed by atoms with Crippen molar-refractivity contribution in [2.75, 3.05) is 36.9 Å². The van der Waals surface area contributed by atoms with Crippen molar-refractivity contribution < 1.29 is 35.8 Å². The van der Waals surface area contributed by atoms with E-state index >= 15 is 4.39 Å². The number of aryl methyl sites for hydroxylation is 1. The highest BCUT2D eigenvalue weighted by Gasteiger charge is 2.57. The van der Waals surface area contributed by atoms with E-state index in [1.807, 2.05) is 11.8 Å². The number of anilines is 2. The van der Waals surface area contributed by atoms with Gasteiger partial charge >= 0.3 is 12.2 Å². The van der Waals surface area contributed by atoms with Gasteiger partial charge in [-0.1, -0.05) is 0 Å². The SMILES string of the molecule is Cc1nc(N)cc(-c2nc3c4c(nc(OC[C@]56CCCN5CC(F)(F)C6)nc4c2F)N2C[C@H]4CC[C@H](N4)[C@H]2[C@H](C)O3)c1C(F)(F)F. The van der Waals surface area contributed by atoms with E-state index in [2.05, 4.69) is 20.3 Å². The second kappa shape index (κ2) is 9.92. The topological polar surface area (TPSA) is 115 Å². The van der Waals surface area contributed by atoms with Gasteiger partial charge < -0.3 is 25.4 Å². The molecule has 46 heavy (non-hydrogen) atoms. The molecule has 5 atom stereocenters. The molecule has 3 aromatic rings. The summed E-state index contributed by atoms with van der Waals surface area (Å²) in [5.74, 6) is -4.12. The molecule has 4 fully saturated rings. The number of nitrogen functional groups attached to an aromatic ring is 1. The van der Waals surface area contributed by atoms with Crippen LogP contribution in [0.1, 0.15) is 50.3 Å². The Morgan fingerprint density at radius 3 is 2.76 bits per heavy atom. The maximum absolute atomic E-state index is 16.7. The van der Waals surface area contributed by atoms with Gasteiger partial charge in [0.05, 0.1) is 29.4 Å². The van der Waals surface area contributed by atoms with Gasteiger partial charge in [-0.2, -0.15) is 23.1 Å². The van der Waals surface area contributed by atoms with Crippen LogP contribution in [0.3, 0.4) is 0 Å². The van der Waals surface area contributed by atoms with Crippen molar-refractivity contribution >= 4 is 22.5 Å². The third-order valence-electron chi connectivity index (χ3n) is 10.2. The number of nitrogens with one attached hydrogen (secondary N) is 1. The Morgan fingerprint density at radius 1 is 1.17 bits per heavy atom. The van der Waals surface area contributed by atoms with Crippen LogP contribution in [0.25, 0.3) is 22.2 Å². The van der Waals surface area contributed by atoms with Gasteiger partial charge in [-0.3, -0.25) is 4.90 Å². The minimum Gasteiger partial charge on any atom is -0.472 e. The lowest BCUT2D eigenvalue weighted by atomic mass is 9.94. The first-order chi connectivity index (χ1) is 21.7. The molecule has 4 saturated heterocycles. The summed E-state index contributed by atoms with van der Waals surface area (Å²) in [5.41, 5.74) is 1.67. The Bertz CT molecular complexity index is 1760. The minimum atomic E-state index is -4.90. The third-order valence-corrected chi connectivity index (χ3v) is 10.2. The third kappa shape index (κ3) is 4.53. The van der Waals surface area contributed by atoms with Crippen molar-refractivity contribution in [1.82, 2.24) is 30.2 Å². The molecule has 3 N–H and O–H groups in total. The molecule has 3 aromatic heterocycles. The van der Waals surface area contributed by atoms with Gasteiger partial charge in [0.25, 0.3) is 5.92 Å². The molecular weight excluding hydrogens is 618 g/mol. The molecule has 0 saturated carbocycles. The first-order valence-corrected chi connectivity index (χ1v) is 15.4. The highest BCUT2D eigenvalue weighted by molar-refractivity contribution is 5.97. The zero-order chi connectivity index (χ0) is 32.3. The Balaban J connectivity index is 1.32. The lowest BCUT2D eigenvalue weighted by Gasteiger charge is -2.42. The van der Waals surface area contributed by atoms with E-state index in [0.29, 0.717) is 19.5 Å². The smallest absolute Gasteiger partial charge is 0.418 e. The summed E-state index contributed by atoms with van der Waals surface area (Å²) in [7, 11) is 0. The summed E-state index contributed by atoms with van der Waals surface area (Å²) < 4.78 is 101. The predicted molar refractivity (Wildman–Crippen MR) is 154 cm³/mol. The number of fused-ring (bicyclic) bond motifs is 6. The molecule has 0 amide bonds. The van der Waals surface area contributed by atoms with Gasteiger partial charge in [0.2, 0.25) is 5.88 Å². The first-order valence-electron chi connectivity index (χ1n) is 15.4. The number of hydrogen-bond donors (Lipinski definition) is 2. The largest absolute Gasteiger partial charge is 0.472 e. The number of piperazine rings is 1. The van der Waals surface area contributed by atoms with Crippen LogP contribution in [0.5, 0.6) is 11.9 Å². The summed E-state index contributed by atoms with van der Waals surface area (Å²) in [6.07, 6.45) is -2.82. The fourth-order valence-corrected chi connectivity index (χ4v) is 8.45. The van der Waals surface area contributed by atoms with E-state index in [-0.39, 0.29) is 72.1 Å². The molecule has 0 unspecified atom stereocenters. The number of hydrogen-bond acceptors (Lipinski definition) is 10. The number of halogens is 6. The minimum absolute atomic E-state index is 0.00731. The maximum atomic E-state index is 16.7. The Morgan fingerprint density at radius 2 is 1.98 bits per heavy atom. The van der Waals surface area contributed by atoms with Crippen LogP contribution in [0.2, 0.25) is 0 Å². The molecule has 246 valence electrons. The molecule has 0 spiro atoms. The van der Waals surface area contributed by atoms with Crippen LogP contribution < -0.4 is 25.4 Å². The Kier molecular flexibility index (Phi) is 6.41. The van der Waals surface area contributed by atoms with Gasteiger partial charge in [-0.15, -0.1) is 0 Å². The van der Waals surface area contributed by atoms with Crippen molar-refractivity contribution in [3.63, 3.8) is 0 Å². The van der Waals surface area contributed by atoms with Gasteiger partial charge in [0.1, 0.15) is 40.9 Å². The lowest BCUT2D eigenvalue weighted by molar-refractivity contribution is -0.137. The van der Waals surface area contributed by atoms with E-state index in [4.69, 9.17) is 20.2 Å². The zero-order valence-electron chi connectivity index (χ0n) is 25.1. The van der Waals surface area contributed by atoms with Gasteiger partial charge in [0, 0.05) is 30.6 Å². The number of pyridine rings is 2. The number of rotatable bonds is 4. The van der Waals surface area contributed by atoms with E-state index in [1.165, 1.54) is 0 Å². The number of nitrogens with zero attached hydrogens (tertiary/aromatic N) is 6. The second-order valence-electron chi connectivity index (χ2n) is 13.3. The number of aromatic nitrogens is 4. The lowest BCUT2D eigenvalue weighted by Crippen LogP contribution is -2.62. The fourth-order valence-electron chi connectivity index (χ4n) is 8.45. The average Bonchev–Trinajstić information content (AvgIpc) is 3.57. The van der Waals surface area contributed by atoms with Crippen LogP contribution in [-0.2, 0) is 6.18 Å². The molecule has 5 aliphatic heterocycles. The molecule has 8 heterocycles. The summed E-state index contributed by atoms with van der Waals surface area (Å²) in [6, 6.07) is 0.534. The molecule has 0 radical (unpaired) electrons. The van der Waals surface area contributed by atoms with Gasteiger partial charge in [-0.05, 0) is 52.1 Å². The number of alkyl halides is 5. The highest BCUT2D eigenvalue weighted by Crippen LogP contribution is 2.48. The molecular formula is C30H32F6N8O2. The summed E-state index contributed by atoms with van der Waals surface area (Å²) in [6.45, 7) is 3.46. The van der Waals surface area contributed by atoms with E-state index < -0.39 is 52.1 Å². The summed E-state index contributed by atoms with van der Waals surface area (Å²) in [5, 5.41) is 3.69. The monoisotopic (exact) mass is 650 g/mol. The van der Waals surface area contributed by atoms with E-state index in [1.54, 1.807) is 4.90 Å². The van der Waals surface area contributed by atoms with Crippen LogP contribution in [-0.4, -0.2) is 86.8 Å². The average molecular weight is 651 g/mol. The molecule has 16 heteroatoms. The number of ether oxygens (including phenoxy) is 2. The van der Waals surface area contributed by atoms with E-state index in [0.717, 1.165) is 32.3 Å². The van der Waals surface area contributed by atoms with Gasteiger partial charge in [0.15, 0.2) is 5.82 Å². The van der Waals surface area contributed by atoms with Crippen LogP contribution >= 0.6 is 0 Å². The Labute approximate surface area is 259 Å². The summed E-state index contributed by atoms with van der Waals surface area (Å²) >= 11 is 0. The molecule has 8 rings (SSSR count). The fraction of sp³-hybridized carbons (Fsp3) is 0.600. The normalized spacial score (nSPS) is 29.9. The first kappa shape index (κ1) is 29.7. The van der Waals surface area contributed by atoms with Crippen LogP contribution in [0, 0.1) is 12.7 Å². The standard InChI is InChI=1S/C30H32F6N8O2/c1-13-20(30(34,35)36)16(8-18(37)38-13)22-21(31)23-19-25(44-9-15-4-5-17(39-15)24(44)14(2)46-26(19)40-22)42-27(41-23)45-12-28-6-3-7-43(28)11-29(32,33)10-28/h8,14-15,17,24,39H,3-7,9-12H2,1-2H3,(H2,37,38)/t14-,15+,17-,24+,28+/m0/s1. The molecule has 0 aromatic carbocycles. The van der Waals surface area contributed by atoms with Crippen LogP contribution in [0.15, 0.2) is 6.07 Å². The molecule has 2 bridgehead atoms. The van der Waals surface area contributed by atoms with Crippen molar-refractivity contribution in [3.8, 4) is 23.1 Å². The predicted octanol–water partition coefficient (Wildman–Crippen LogP) is 4.48. The second-order valence-corrected chi connectivity index (χ2v) is 13.3. The highest BCUT2D eigenvalue weighted by atomic mass is 19.4. The molecule has 0 aliphatic carbocycles. The quantitative estimate of drug-likeness (QED) is 0.392. The number of nitrogens with two attached hydrogens (primary N) is 1. The summed E-state index contributed by atoms with van der Waals surface area (Å²) in [4.78, 5) is 20.9. The van der Waals surface area contributed by atoms with Crippen molar-refractivity contribution in [2.45, 2.75) is 87.8 Å². The van der Waals surface area contributed by atoms with E-state index in [9.17, 15) is 22.0 Å².